The normalized spacial score (nSPS) is 15.1. The number of hydrogen-bond donors (Lipinski definition) is 4. The summed E-state index contributed by atoms with van der Waals surface area (Å²) in [5, 5.41) is 28.5. The van der Waals surface area contributed by atoms with Gasteiger partial charge in [-0.25, -0.2) is 31.3 Å². The van der Waals surface area contributed by atoms with E-state index in [0.29, 0.717) is 27.7 Å². The van der Waals surface area contributed by atoms with Crippen LogP contribution in [-0.2, 0) is 58.4 Å². The van der Waals surface area contributed by atoms with E-state index in [9.17, 15) is 26.9 Å². The first kappa shape index (κ1) is 79.8. The monoisotopic (exact) mass is 1550 g/mol. The predicted octanol–water partition coefficient (Wildman–Crippen LogP) is 12.0. The van der Waals surface area contributed by atoms with E-state index in [2.05, 4.69) is 235 Å². The van der Waals surface area contributed by atoms with E-state index in [0.717, 1.165) is 56.3 Å². The van der Waals surface area contributed by atoms with Crippen LogP contribution >= 0.6 is 69.7 Å². The molecular formula is C68H80B3Cl5N6O8P2PdS2. The fraction of sp³-hybridized carbons (Fsp3) is 0.265. The van der Waals surface area contributed by atoms with Gasteiger partial charge in [-0.1, -0.05) is 229 Å². The number of nitrogens with zero attached hydrogens (tertiary/aromatic N) is 4. The van der Waals surface area contributed by atoms with Gasteiger partial charge in [0.2, 0.25) is 20.0 Å². The van der Waals surface area contributed by atoms with Gasteiger partial charge in [0.25, 0.3) is 0 Å². The molecule has 0 spiro atoms. The molecule has 0 radical (unpaired) electrons. The summed E-state index contributed by atoms with van der Waals surface area (Å²) in [5.74, 6) is 0. The van der Waals surface area contributed by atoms with Crippen molar-refractivity contribution in [3.8, 4) is 0 Å². The van der Waals surface area contributed by atoms with E-state index in [1.807, 2.05) is 15.7 Å². The van der Waals surface area contributed by atoms with Gasteiger partial charge in [0, 0.05) is 38.6 Å². The second-order valence-corrected chi connectivity index (χ2v) is 34.7. The van der Waals surface area contributed by atoms with Gasteiger partial charge in [-0.05, 0) is 149 Å². The number of pyridine rings is 2. The van der Waals surface area contributed by atoms with Crippen LogP contribution in [0.5, 0.6) is 0 Å². The molecule has 1 fully saturated rings. The molecule has 5 heterocycles. The largest absolute Gasteiger partial charge is 0.0622 e. The quantitative estimate of drug-likeness (QED) is 0.0409. The van der Waals surface area contributed by atoms with Crippen molar-refractivity contribution in [2.75, 3.05) is 38.7 Å². The fourth-order valence-corrected chi connectivity index (χ4v) is 15.7. The third kappa shape index (κ3) is 26.8. The maximum Gasteiger partial charge on any atom is -0.0134 e. The Hall–Kier alpha value is -4.15. The Labute approximate surface area is 597 Å². The minimum Gasteiger partial charge on any atom is -0.0622 e. The Morgan fingerprint density at radius 1 is 0.537 bits per heavy atom. The Balaban J connectivity index is 0.000000187. The van der Waals surface area contributed by atoms with Gasteiger partial charge in [-0.15, -0.1) is 0 Å². The molecule has 0 amide bonds. The maximum absolute atomic E-state index is 11.1. The average molecular weight is 1550 g/mol. The van der Waals surface area contributed by atoms with Crippen molar-refractivity contribution in [2.24, 2.45) is 0 Å². The van der Waals surface area contributed by atoms with Crippen LogP contribution in [0.25, 0.3) is 5.57 Å². The van der Waals surface area contributed by atoms with Crippen LogP contribution in [0.2, 0.25) is 28.8 Å². The third-order valence-electron chi connectivity index (χ3n) is 15.3. The molecule has 27 heteroatoms. The van der Waals surface area contributed by atoms with Crippen molar-refractivity contribution in [1.82, 2.24) is 29.0 Å². The van der Waals surface area contributed by atoms with Gasteiger partial charge in [-0.3, -0.25) is 4.98 Å². The molecule has 11 rings (SSSR count). The first-order chi connectivity index (χ1) is 45.2. The molecule has 95 heavy (non-hydrogen) atoms. The van der Waals surface area contributed by atoms with E-state index in [-0.39, 0.29) is 59.6 Å². The van der Waals surface area contributed by atoms with Crippen LogP contribution in [0.1, 0.15) is 57.4 Å². The minimum atomic E-state index is -3.24. The van der Waals surface area contributed by atoms with Gasteiger partial charge >= 0.3 is 56.2 Å². The Kier molecular flexibility index (Phi) is 33.3. The Morgan fingerprint density at radius 3 is 1.13 bits per heavy atom. The van der Waals surface area contributed by atoms with E-state index in [1.165, 1.54) is 43.5 Å². The van der Waals surface area contributed by atoms with Crippen LogP contribution in [0.4, 0.5) is 0 Å². The molecule has 0 saturated carbocycles. The number of nitrogens with one attached hydrogen (secondary N) is 2. The summed E-state index contributed by atoms with van der Waals surface area (Å²) in [6.45, 7) is 15.2. The van der Waals surface area contributed by atoms with Crippen LogP contribution in [0.3, 0.4) is 0 Å². The molecule has 3 aliphatic rings. The zero-order chi connectivity index (χ0) is 69.2. The number of halogens is 5. The van der Waals surface area contributed by atoms with E-state index in [1.54, 1.807) is 32.0 Å². The van der Waals surface area contributed by atoms with Crippen molar-refractivity contribution < 1.29 is 52.1 Å². The summed E-state index contributed by atoms with van der Waals surface area (Å²) in [6.07, 6.45) is 11.1. The van der Waals surface area contributed by atoms with Crippen molar-refractivity contribution in [3.63, 3.8) is 0 Å². The molecule has 4 N–H and O–H groups in total. The summed E-state index contributed by atoms with van der Waals surface area (Å²) >= 11 is 17.4. The van der Waals surface area contributed by atoms with E-state index in [4.69, 9.17) is 63.2 Å². The Morgan fingerprint density at radius 2 is 0.853 bits per heavy atom. The van der Waals surface area contributed by atoms with E-state index < -0.39 is 42.9 Å². The summed E-state index contributed by atoms with van der Waals surface area (Å²) < 4.78 is 60.5. The number of benzene rings is 6. The van der Waals surface area contributed by atoms with Crippen LogP contribution < -0.4 is 41.3 Å². The summed E-state index contributed by atoms with van der Waals surface area (Å²) in [5.41, 5.74) is 3.77. The Bertz CT molecular complexity index is 3600. The van der Waals surface area contributed by atoms with E-state index >= 15 is 0 Å². The first-order valence-electron chi connectivity index (χ1n) is 30.3. The standard InChI is InChI=1S/2C18H15P.C13H19BClN3O3S.C12H23B2NO3.C7H8Cl2N2O2S.2ClH.Pd/c2*1-4-10-16(11-5-1)19(17-12-6-2-7-13-17)18-14-8-3-9-15-18;1-14(19)18-5-3-11(4-6-18)13-12(15)7-10(8-16-13)9-17-22(2,20)21;1-11(2)12(3,4)18-14(17-11)10-6-8-15(9-7-10)13(5)16;1-14(12,13)11-4-5-2-6(8)7(9)10-3-5;;;/h2*1-15H;3,7-8,17,19H,4-6,9H2,1-2H3;6,16H,7-9H2,1-5H3;2-3,11H,4H2,1H3;2*1H;/q;;;;;;;+2/p-2. The summed E-state index contributed by atoms with van der Waals surface area (Å²) in [6, 6.07) is 67.9. The molecule has 0 atom stereocenters. The van der Waals surface area contributed by atoms with Crippen molar-refractivity contribution in [2.45, 2.75) is 78.5 Å². The van der Waals surface area contributed by atoms with Crippen LogP contribution in [0, 0.1) is 0 Å². The SMILES string of the molecule is CB(O)N1CC=C(B2OC(C)(C)C(C)(C)O2)CC1.CB(O)N1CC=C(c2ncc(CNS(C)(=O)=O)cc2Cl)CC1.CS(=O)(=O)NCc1cnc(Cl)c(Cl)c1.[Cl][Pd][Cl].c1ccc(P(c2ccccc2)c2ccccc2)cc1.c1ccc(P(c2ccccc2)c2ccccc2)cc1. The van der Waals surface area contributed by atoms with Gasteiger partial charge in [0.05, 0.1) is 39.5 Å². The predicted molar refractivity (Wildman–Crippen MR) is 401 cm³/mol. The second-order valence-electron chi connectivity index (χ2n) is 23.1. The maximum atomic E-state index is 11.1. The van der Waals surface area contributed by atoms with Crippen molar-refractivity contribution >= 4 is 148 Å². The van der Waals surface area contributed by atoms with Gasteiger partial charge in [-0.2, -0.15) is 0 Å². The number of aromatic nitrogens is 2. The zero-order valence-electron chi connectivity index (χ0n) is 54.2. The van der Waals surface area contributed by atoms with Crippen molar-refractivity contribution in [3.05, 3.63) is 256 Å². The first-order valence-corrected chi connectivity index (χ1v) is 41.9. The zero-order valence-corrected chi connectivity index (χ0v) is 63.0. The van der Waals surface area contributed by atoms with Gasteiger partial charge in [0.15, 0.2) is 0 Å². The fourth-order valence-electron chi connectivity index (χ4n) is 9.64. The molecule has 6 aromatic carbocycles. The number of hydrogen-bond acceptors (Lipinski definition) is 12. The third-order valence-corrected chi connectivity index (χ3v) is 22.5. The van der Waals surface area contributed by atoms with Gasteiger partial charge < -0.3 is 29.0 Å². The van der Waals surface area contributed by atoms with Gasteiger partial charge in [0.1, 0.15) is 5.15 Å². The molecule has 2 aromatic heterocycles. The smallest absolute Gasteiger partial charge is 0.0134 e. The van der Waals surface area contributed by atoms with Crippen LogP contribution in [-0.4, -0.2) is 118 Å². The molecule has 14 nitrogen and oxygen atoms in total. The minimum absolute atomic E-state index is 0.106. The molecule has 0 aliphatic carbocycles. The summed E-state index contributed by atoms with van der Waals surface area (Å²) in [4.78, 5) is 12.1. The molecule has 506 valence electrons. The average Bonchev–Trinajstić information content (AvgIpc) is 1.66. The molecule has 3 aliphatic heterocycles. The second kappa shape index (κ2) is 39.6. The molecular weight excluding hydrogens is 1470 g/mol. The molecule has 0 unspecified atom stereocenters. The van der Waals surface area contributed by atoms with Crippen LogP contribution in [0.15, 0.2) is 224 Å². The molecule has 1 saturated heterocycles. The molecule has 8 aromatic rings. The summed E-state index contributed by atoms with van der Waals surface area (Å²) in [7, 11) is 1.21. The number of rotatable bonds is 16. The van der Waals surface area contributed by atoms with Crippen molar-refractivity contribution in [1.29, 1.82) is 0 Å². The molecule has 0 bridgehead atoms. The topological polar surface area (TPSA) is 184 Å². The number of sulfonamides is 2.